The van der Waals surface area contributed by atoms with Crippen LogP contribution >= 0.6 is 0 Å². The van der Waals surface area contributed by atoms with E-state index in [1.54, 1.807) is 6.26 Å². The smallest absolute Gasteiger partial charge is 0.131 e. The average molecular weight is 188 g/mol. The molecular weight excluding hydrogens is 176 g/mol. The van der Waals surface area contributed by atoms with Crippen molar-refractivity contribution in [3.63, 3.8) is 0 Å². The molecule has 1 unspecified atom stereocenters. The molecular formula is C11H12N2O. The Bertz CT molecular complexity index is 443. The van der Waals surface area contributed by atoms with Crippen LogP contribution in [-0.2, 0) is 0 Å². The molecule has 2 aromatic rings. The first kappa shape index (κ1) is 8.00. The first-order valence-electron chi connectivity index (χ1n) is 4.98. The molecule has 14 heavy (non-hydrogen) atoms. The predicted octanol–water partition coefficient (Wildman–Crippen LogP) is 1.90. The van der Waals surface area contributed by atoms with Crippen molar-refractivity contribution in [3.8, 4) is 0 Å². The zero-order valence-corrected chi connectivity index (χ0v) is 7.86. The van der Waals surface area contributed by atoms with Crippen molar-refractivity contribution in [2.75, 3.05) is 13.1 Å². The summed E-state index contributed by atoms with van der Waals surface area (Å²) in [5.41, 5.74) is 2.34. The van der Waals surface area contributed by atoms with E-state index in [1.165, 1.54) is 12.0 Å². The summed E-state index contributed by atoms with van der Waals surface area (Å²) in [4.78, 5) is 0. The van der Waals surface area contributed by atoms with Gasteiger partial charge in [-0.05, 0) is 36.6 Å². The third kappa shape index (κ3) is 1.21. The van der Waals surface area contributed by atoms with Gasteiger partial charge in [0.05, 0.1) is 0 Å². The molecule has 0 radical (unpaired) electrons. The molecule has 0 amide bonds. The summed E-state index contributed by atoms with van der Waals surface area (Å²) < 4.78 is 4.92. The summed E-state index contributed by atoms with van der Waals surface area (Å²) in [6.07, 6.45) is 2.91. The van der Waals surface area contributed by atoms with E-state index in [0.29, 0.717) is 5.92 Å². The lowest BCUT2D eigenvalue weighted by Crippen LogP contribution is -2.07. The van der Waals surface area contributed by atoms with Gasteiger partial charge in [-0.25, -0.2) is 0 Å². The van der Waals surface area contributed by atoms with Crippen molar-refractivity contribution in [1.82, 2.24) is 10.5 Å². The number of rotatable bonds is 1. The normalized spacial score (nSPS) is 21.9. The minimum Gasteiger partial charge on any atom is -0.364 e. The monoisotopic (exact) mass is 188 g/mol. The number of nitrogens with zero attached hydrogens (tertiary/aromatic N) is 1. The van der Waals surface area contributed by atoms with E-state index in [0.717, 1.165) is 24.0 Å². The maximum absolute atomic E-state index is 4.92. The van der Waals surface area contributed by atoms with Gasteiger partial charge < -0.3 is 9.84 Å². The van der Waals surface area contributed by atoms with Gasteiger partial charge in [-0.2, -0.15) is 0 Å². The molecule has 72 valence electrons. The van der Waals surface area contributed by atoms with Crippen molar-refractivity contribution in [2.45, 2.75) is 12.3 Å². The molecule has 0 saturated carbocycles. The summed E-state index contributed by atoms with van der Waals surface area (Å²) in [6, 6.07) is 6.40. The largest absolute Gasteiger partial charge is 0.364 e. The minimum atomic E-state index is 0.649. The molecule has 3 nitrogen and oxygen atoms in total. The first-order valence-corrected chi connectivity index (χ1v) is 4.98. The van der Waals surface area contributed by atoms with Crippen molar-refractivity contribution in [3.05, 3.63) is 30.0 Å². The second-order valence-corrected chi connectivity index (χ2v) is 3.82. The number of nitrogens with one attached hydrogen (secondary N) is 1. The second-order valence-electron chi connectivity index (χ2n) is 3.82. The Morgan fingerprint density at radius 3 is 3.29 bits per heavy atom. The van der Waals surface area contributed by atoms with Crippen molar-refractivity contribution < 1.29 is 4.52 Å². The lowest BCUT2D eigenvalue weighted by Gasteiger charge is -2.07. The summed E-state index contributed by atoms with van der Waals surface area (Å²) >= 11 is 0. The van der Waals surface area contributed by atoms with Gasteiger partial charge in [0.25, 0.3) is 0 Å². The molecule has 3 rings (SSSR count). The molecule has 2 heterocycles. The minimum absolute atomic E-state index is 0.649. The van der Waals surface area contributed by atoms with Gasteiger partial charge in [0, 0.05) is 11.9 Å². The first-order chi connectivity index (χ1) is 6.93. The van der Waals surface area contributed by atoms with E-state index in [-0.39, 0.29) is 0 Å². The summed E-state index contributed by atoms with van der Waals surface area (Å²) in [5.74, 6) is 0.649. The van der Waals surface area contributed by atoms with Crippen LogP contribution in [0.25, 0.3) is 10.9 Å². The van der Waals surface area contributed by atoms with Crippen LogP contribution < -0.4 is 5.32 Å². The molecule has 3 heteroatoms. The van der Waals surface area contributed by atoms with Crippen LogP contribution in [0.1, 0.15) is 17.9 Å². The topological polar surface area (TPSA) is 38.1 Å². The molecule has 1 aromatic carbocycles. The Labute approximate surface area is 82.1 Å². The number of benzene rings is 1. The van der Waals surface area contributed by atoms with Crippen LogP contribution in [0.5, 0.6) is 0 Å². The second kappa shape index (κ2) is 3.10. The third-order valence-corrected chi connectivity index (χ3v) is 2.92. The van der Waals surface area contributed by atoms with Gasteiger partial charge in [-0.15, -0.1) is 0 Å². The summed E-state index contributed by atoms with van der Waals surface area (Å²) in [5, 5.41) is 8.41. The molecule has 1 aliphatic heterocycles. The fraction of sp³-hybridized carbons (Fsp3) is 0.364. The summed E-state index contributed by atoms with van der Waals surface area (Å²) in [7, 11) is 0. The van der Waals surface area contributed by atoms with Crippen LogP contribution in [0.15, 0.2) is 29.0 Å². The Morgan fingerprint density at radius 2 is 2.43 bits per heavy atom. The van der Waals surface area contributed by atoms with Gasteiger partial charge in [-0.3, -0.25) is 0 Å². The van der Waals surface area contributed by atoms with Gasteiger partial charge in [-0.1, -0.05) is 11.2 Å². The maximum Gasteiger partial charge on any atom is 0.131 e. The molecule has 1 aromatic heterocycles. The lowest BCUT2D eigenvalue weighted by atomic mass is 9.98. The van der Waals surface area contributed by atoms with Gasteiger partial charge >= 0.3 is 0 Å². The Hall–Kier alpha value is -1.35. The number of hydrogen-bond acceptors (Lipinski definition) is 3. The van der Waals surface area contributed by atoms with E-state index >= 15 is 0 Å². The SMILES string of the molecule is c1cc2conc2cc1C1CCNC1. The highest BCUT2D eigenvalue weighted by atomic mass is 16.5. The molecule has 1 aliphatic rings. The molecule has 0 spiro atoms. The van der Waals surface area contributed by atoms with E-state index in [9.17, 15) is 0 Å². The fourth-order valence-corrected chi connectivity index (χ4v) is 2.07. The van der Waals surface area contributed by atoms with Crippen molar-refractivity contribution >= 4 is 10.9 Å². The van der Waals surface area contributed by atoms with E-state index in [1.807, 2.05) is 0 Å². The molecule has 0 bridgehead atoms. The Kier molecular flexibility index (Phi) is 1.77. The lowest BCUT2D eigenvalue weighted by molar-refractivity contribution is 0.428. The van der Waals surface area contributed by atoms with Gasteiger partial charge in [0.1, 0.15) is 11.8 Å². The third-order valence-electron chi connectivity index (χ3n) is 2.92. The van der Waals surface area contributed by atoms with Crippen LogP contribution in [0.2, 0.25) is 0 Å². The van der Waals surface area contributed by atoms with Gasteiger partial charge in [0.15, 0.2) is 0 Å². The highest BCUT2D eigenvalue weighted by molar-refractivity contribution is 5.77. The van der Waals surface area contributed by atoms with E-state index in [4.69, 9.17) is 4.52 Å². The predicted molar refractivity (Wildman–Crippen MR) is 54.2 cm³/mol. The van der Waals surface area contributed by atoms with Crippen LogP contribution in [-0.4, -0.2) is 18.2 Å². The molecule has 1 fully saturated rings. The summed E-state index contributed by atoms with van der Waals surface area (Å²) in [6.45, 7) is 2.21. The maximum atomic E-state index is 4.92. The zero-order valence-electron chi connectivity index (χ0n) is 7.86. The fourth-order valence-electron chi connectivity index (χ4n) is 2.07. The zero-order chi connectivity index (χ0) is 9.38. The molecule has 1 atom stereocenters. The van der Waals surface area contributed by atoms with Crippen LogP contribution in [0, 0.1) is 0 Å². The Balaban J connectivity index is 2.04. The van der Waals surface area contributed by atoms with Crippen LogP contribution in [0.3, 0.4) is 0 Å². The number of aromatic nitrogens is 1. The van der Waals surface area contributed by atoms with E-state index in [2.05, 4.69) is 28.7 Å². The highest BCUT2D eigenvalue weighted by Crippen LogP contribution is 2.25. The molecule has 0 aliphatic carbocycles. The number of hydrogen-bond donors (Lipinski definition) is 1. The highest BCUT2D eigenvalue weighted by Gasteiger charge is 2.16. The molecule has 1 saturated heterocycles. The van der Waals surface area contributed by atoms with Crippen molar-refractivity contribution in [1.29, 1.82) is 0 Å². The standard InChI is InChI=1S/C11H12N2O/c1-2-10-7-14-13-11(10)5-8(1)9-3-4-12-6-9/h1-2,5,7,9,12H,3-4,6H2. The number of fused-ring (bicyclic) bond motifs is 1. The Morgan fingerprint density at radius 1 is 1.43 bits per heavy atom. The quantitative estimate of drug-likeness (QED) is 0.742. The van der Waals surface area contributed by atoms with Crippen molar-refractivity contribution in [2.24, 2.45) is 0 Å². The average Bonchev–Trinajstić information content (AvgIpc) is 2.88. The molecule has 1 N–H and O–H groups in total. The van der Waals surface area contributed by atoms with E-state index < -0.39 is 0 Å². The van der Waals surface area contributed by atoms with Gasteiger partial charge in [0.2, 0.25) is 0 Å². The van der Waals surface area contributed by atoms with Crippen LogP contribution in [0.4, 0.5) is 0 Å².